The third-order valence-corrected chi connectivity index (χ3v) is 5.36. The van der Waals surface area contributed by atoms with Crippen molar-refractivity contribution in [3.05, 3.63) is 30.3 Å². The van der Waals surface area contributed by atoms with Crippen LogP contribution in [0.25, 0.3) is 11.3 Å². The molecule has 5 heteroatoms. The maximum absolute atomic E-state index is 6.00. The number of oxazole rings is 1. The number of ether oxygens (including phenoxy) is 2. The maximum Gasteiger partial charge on any atom is 0.181 e. The molecule has 0 bridgehead atoms. The molecule has 1 saturated carbocycles. The molecule has 1 aromatic heterocycles. The van der Waals surface area contributed by atoms with Crippen LogP contribution in [0.4, 0.5) is 0 Å². The zero-order valence-corrected chi connectivity index (χ0v) is 15.6. The van der Waals surface area contributed by atoms with E-state index in [9.17, 15) is 0 Å². The summed E-state index contributed by atoms with van der Waals surface area (Å²) in [7, 11) is 1.68. The highest BCUT2D eigenvalue weighted by molar-refractivity contribution is 5.64. The van der Waals surface area contributed by atoms with Gasteiger partial charge in [0.15, 0.2) is 23.7 Å². The number of piperidine rings is 1. The second-order valence-electron chi connectivity index (χ2n) is 7.39. The molecular formula is C21H28N2O3. The summed E-state index contributed by atoms with van der Waals surface area (Å²) in [6, 6.07) is 6.01. The highest BCUT2D eigenvalue weighted by atomic mass is 16.5. The van der Waals surface area contributed by atoms with Gasteiger partial charge in [0.1, 0.15) is 6.61 Å². The summed E-state index contributed by atoms with van der Waals surface area (Å²) in [5.41, 5.74) is 2.05. The average molecular weight is 356 g/mol. The molecule has 140 valence electrons. The van der Waals surface area contributed by atoms with E-state index in [0.717, 1.165) is 47.4 Å². The Bertz CT molecular complexity index is 718. The van der Waals surface area contributed by atoms with Crippen LogP contribution in [-0.4, -0.2) is 43.2 Å². The Balaban J connectivity index is 1.41. The van der Waals surface area contributed by atoms with Crippen LogP contribution in [-0.2, 0) is 6.42 Å². The van der Waals surface area contributed by atoms with E-state index in [2.05, 4.69) is 9.88 Å². The van der Waals surface area contributed by atoms with Crippen molar-refractivity contribution in [2.75, 3.05) is 33.4 Å². The van der Waals surface area contributed by atoms with E-state index in [-0.39, 0.29) is 0 Å². The van der Waals surface area contributed by atoms with Crippen LogP contribution in [0, 0.1) is 5.92 Å². The van der Waals surface area contributed by atoms with Crippen LogP contribution < -0.4 is 9.47 Å². The third-order valence-electron chi connectivity index (χ3n) is 5.36. The van der Waals surface area contributed by atoms with Gasteiger partial charge in [0.2, 0.25) is 0 Å². The monoisotopic (exact) mass is 356 g/mol. The lowest BCUT2D eigenvalue weighted by molar-refractivity contribution is 0.180. The van der Waals surface area contributed by atoms with Gasteiger partial charge in [-0.3, -0.25) is 4.90 Å². The Morgan fingerprint density at radius 2 is 2.00 bits per heavy atom. The van der Waals surface area contributed by atoms with E-state index in [0.29, 0.717) is 6.61 Å². The molecule has 2 heterocycles. The molecule has 1 saturated heterocycles. The first-order valence-electron chi connectivity index (χ1n) is 9.79. The van der Waals surface area contributed by atoms with Crippen molar-refractivity contribution in [1.29, 1.82) is 0 Å². The number of benzene rings is 1. The molecule has 2 aliphatic rings. The van der Waals surface area contributed by atoms with E-state index in [1.807, 2.05) is 18.2 Å². The smallest absolute Gasteiger partial charge is 0.181 e. The molecule has 0 amide bonds. The SMILES string of the molecule is COc1cc(-c2ocnc2CC2CC2)ccc1OCCN1CCCCC1. The van der Waals surface area contributed by atoms with Gasteiger partial charge in [-0.2, -0.15) is 0 Å². The number of likely N-dealkylation sites (tertiary alicyclic amines) is 1. The first kappa shape index (κ1) is 17.4. The molecule has 0 atom stereocenters. The summed E-state index contributed by atoms with van der Waals surface area (Å²) in [4.78, 5) is 6.88. The van der Waals surface area contributed by atoms with Crippen LogP contribution in [0.2, 0.25) is 0 Å². The standard InChI is InChI=1S/C21H28N2O3/c1-24-20-14-17(21-18(22-15-26-21)13-16-5-6-16)7-8-19(20)25-12-11-23-9-3-2-4-10-23/h7-8,14-16H,2-6,9-13H2,1H3. The highest BCUT2D eigenvalue weighted by Gasteiger charge is 2.25. The molecule has 2 aromatic rings. The lowest BCUT2D eigenvalue weighted by atomic mass is 10.1. The van der Waals surface area contributed by atoms with E-state index in [1.165, 1.54) is 45.2 Å². The van der Waals surface area contributed by atoms with Crippen molar-refractivity contribution in [1.82, 2.24) is 9.88 Å². The Morgan fingerprint density at radius 1 is 1.15 bits per heavy atom. The second kappa shape index (κ2) is 8.12. The number of hydrogen-bond donors (Lipinski definition) is 0. The van der Waals surface area contributed by atoms with Crippen LogP contribution in [0.15, 0.2) is 29.0 Å². The van der Waals surface area contributed by atoms with Gasteiger partial charge in [0.05, 0.1) is 12.8 Å². The maximum atomic E-state index is 6.00. The molecule has 1 aliphatic carbocycles. The summed E-state index contributed by atoms with van der Waals surface area (Å²) in [6.07, 6.45) is 9.12. The Kier molecular flexibility index (Phi) is 5.44. The molecule has 1 aliphatic heterocycles. The molecular weight excluding hydrogens is 328 g/mol. The van der Waals surface area contributed by atoms with E-state index in [1.54, 1.807) is 13.5 Å². The zero-order valence-electron chi connectivity index (χ0n) is 15.6. The van der Waals surface area contributed by atoms with Gasteiger partial charge in [0, 0.05) is 12.1 Å². The predicted molar refractivity (Wildman–Crippen MR) is 101 cm³/mol. The minimum Gasteiger partial charge on any atom is -0.493 e. The van der Waals surface area contributed by atoms with Gasteiger partial charge in [-0.25, -0.2) is 4.98 Å². The predicted octanol–water partition coefficient (Wildman–Crippen LogP) is 4.17. The molecule has 0 radical (unpaired) electrons. The fraction of sp³-hybridized carbons (Fsp3) is 0.571. The molecule has 0 spiro atoms. The molecule has 26 heavy (non-hydrogen) atoms. The Labute approximate surface area is 155 Å². The number of methoxy groups -OCH3 is 1. The lowest BCUT2D eigenvalue weighted by Crippen LogP contribution is -2.33. The normalized spacial score (nSPS) is 18.0. The molecule has 1 aromatic carbocycles. The first-order chi connectivity index (χ1) is 12.8. The largest absolute Gasteiger partial charge is 0.493 e. The van der Waals surface area contributed by atoms with Crippen LogP contribution >= 0.6 is 0 Å². The van der Waals surface area contributed by atoms with Gasteiger partial charge < -0.3 is 13.9 Å². The molecule has 0 N–H and O–H groups in total. The van der Waals surface area contributed by atoms with Crippen LogP contribution in [0.3, 0.4) is 0 Å². The van der Waals surface area contributed by atoms with Crippen LogP contribution in [0.1, 0.15) is 37.8 Å². The third kappa shape index (κ3) is 4.21. The fourth-order valence-corrected chi connectivity index (χ4v) is 3.64. The quantitative estimate of drug-likeness (QED) is 0.710. The minimum atomic E-state index is 0.685. The van der Waals surface area contributed by atoms with Crippen LogP contribution in [0.5, 0.6) is 11.5 Å². The van der Waals surface area contributed by atoms with E-state index >= 15 is 0 Å². The lowest BCUT2D eigenvalue weighted by Gasteiger charge is -2.26. The second-order valence-corrected chi connectivity index (χ2v) is 7.39. The van der Waals surface area contributed by atoms with Crippen molar-refractivity contribution < 1.29 is 13.9 Å². The van der Waals surface area contributed by atoms with Crippen molar-refractivity contribution in [2.24, 2.45) is 5.92 Å². The van der Waals surface area contributed by atoms with E-state index in [4.69, 9.17) is 13.9 Å². The summed E-state index contributed by atoms with van der Waals surface area (Å²) in [5, 5.41) is 0. The number of hydrogen-bond acceptors (Lipinski definition) is 5. The van der Waals surface area contributed by atoms with Crippen molar-refractivity contribution in [3.63, 3.8) is 0 Å². The topological polar surface area (TPSA) is 47.7 Å². The Morgan fingerprint density at radius 3 is 2.77 bits per heavy atom. The number of nitrogens with zero attached hydrogens (tertiary/aromatic N) is 2. The molecule has 2 fully saturated rings. The molecule has 4 rings (SSSR count). The summed E-state index contributed by atoms with van der Waals surface area (Å²) in [5.74, 6) is 3.17. The van der Waals surface area contributed by atoms with E-state index < -0.39 is 0 Å². The minimum absolute atomic E-state index is 0.685. The highest BCUT2D eigenvalue weighted by Crippen LogP contribution is 2.37. The van der Waals surface area contributed by atoms with Gasteiger partial charge >= 0.3 is 0 Å². The van der Waals surface area contributed by atoms with Crippen molar-refractivity contribution in [2.45, 2.75) is 38.5 Å². The summed E-state index contributed by atoms with van der Waals surface area (Å²) < 4.78 is 17.2. The van der Waals surface area contributed by atoms with Gasteiger partial charge in [-0.1, -0.05) is 6.42 Å². The van der Waals surface area contributed by atoms with Crippen molar-refractivity contribution >= 4 is 0 Å². The first-order valence-corrected chi connectivity index (χ1v) is 9.79. The molecule has 5 nitrogen and oxygen atoms in total. The fourth-order valence-electron chi connectivity index (χ4n) is 3.64. The Hall–Kier alpha value is -2.01. The average Bonchev–Trinajstić information content (AvgIpc) is 3.38. The van der Waals surface area contributed by atoms with Gasteiger partial charge in [-0.05, 0) is 69.3 Å². The van der Waals surface area contributed by atoms with Crippen molar-refractivity contribution in [3.8, 4) is 22.8 Å². The number of aromatic nitrogens is 1. The zero-order chi connectivity index (χ0) is 17.8. The van der Waals surface area contributed by atoms with Gasteiger partial charge in [0.25, 0.3) is 0 Å². The van der Waals surface area contributed by atoms with Gasteiger partial charge in [-0.15, -0.1) is 0 Å². The summed E-state index contributed by atoms with van der Waals surface area (Å²) in [6.45, 7) is 4.03. The summed E-state index contributed by atoms with van der Waals surface area (Å²) >= 11 is 0. The number of rotatable bonds is 8. The molecule has 0 unspecified atom stereocenters.